The zero-order valence-electron chi connectivity index (χ0n) is 12.1. The van der Waals surface area contributed by atoms with Gasteiger partial charge in [-0.25, -0.2) is 4.68 Å². The number of amides is 1. The first-order valence-corrected chi connectivity index (χ1v) is 7.28. The monoisotopic (exact) mass is 350 g/mol. The van der Waals surface area contributed by atoms with Crippen LogP contribution in [-0.2, 0) is 11.0 Å². The maximum Gasteiger partial charge on any atom is 0.453 e. The van der Waals surface area contributed by atoms with Crippen molar-refractivity contribution in [2.75, 3.05) is 11.2 Å². The summed E-state index contributed by atoms with van der Waals surface area (Å²) in [5.41, 5.74) is 0. The molecule has 23 heavy (non-hydrogen) atoms. The van der Waals surface area contributed by atoms with Crippen LogP contribution in [0.5, 0.6) is 0 Å². The summed E-state index contributed by atoms with van der Waals surface area (Å²) in [6, 6.07) is 1.52. The molecule has 1 amide bonds. The quantitative estimate of drug-likeness (QED) is 0.625. The predicted molar refractivity (Wildman–Crippen MR) is 75.0 cm³/mol. The Labute approximate surface area is 132 Å². The van der Waals surface area contributed by atoms with Gasteiger partial charge >= 0.3 is 6.18 Å². The maximum absolute atomic E-state index is 12.6. The third-order valence-corrected chi connectivity index (χ3v) is 4.03. The van der Waals surface area contributed by atoms with Crippen molar-refractivity contribution in [2.24, 2.45) is 0 Å². The van der Waals surface area contributed by atoms with Gasteiger partial charge in [0.25, 0.3) is 5.82 Å². The third kappa shape index (κ3) is 3.94. The van der Waals surface area contributed by atoms with E-state index in [1.165, 1.54) is 6.07 Å². The van der Waals surface area contributed by atoms with Crippen molar-refractivity contribution in [1.82, 2.24) is 20.0 Å². The van der Waals surface area contributed by atoms with Gasteiger partial charge in [0, 0.05) is 6.07 Å². The minimum Gasteiger partial charge on any atom is -0.360 e. The summed E-state index contributed by atoms with van der Waals surface area (Å²) >= 11 is 0.780. The number of hydrogen-bond donors (Lipinski definition) is 2. The number of nitrogens with zero attached hydrogens (tertiary/aromatic N) is 4. The fraction of sp³-hybridized carbons (Fsp3) is 0.455. The highest BCUT2D eigenvalue weighted by Crippen LogP contribution is 2.31. The van der Waals surface area contributed by atoms with Crippen molar-refractivity contribution in [3.63, 3.8) is 0 Å². The Kier molecular flexibility index (Phi) is 4.82. The lowest BCUT2D eigenvalue weighted by atomic mass is 10.3. The van der Waals surface area contributed by atoms with E-state index in [1.807, 2.05) is 0 Å². The lowest BCUT2D eigenvalue weighted by molar-refractivity contribution is -0.146. The molecule has 126 valence electrons. The fourth-order valence-electron chi connectivity index (χ4n) is 1.63. The van der Waals surface area contributed by atoms with E-state index in [-0.39, 0.29) is 11.0 Å². The molecule has 0 aliphatic rings. The van der Waals surface area contributed by atoms with Gasteiger partial charge in [-0.3, -0.25) is 4.79 Å². The lowest BCUT2D eigenvalue weighted by Crippen LogP contribution is -2.26. The molecule has 0 fully saturated rings. The van der Waals surface area contributed by atoms with Gasteiger partial charge in [0.05, 0.1) is 5.25 Å². The molecule has 2 aromatic heterocycles. The molecule has 0 saturated heterocycles. The van der Waals surface area contributed by atoms with E-state index in [9.17, 15) is 18.0 Å². The van der Waals surface area contributed by atoms with Crippen molar-refractivity contribution in [3.05, 3.63) is 17.7 Å². The summed E-state index contributed by atoms with van der Waals surface area (Å²) in [6.07, 6.45) is -4.38. The van der Waals surface area contributed by atoms with Gasteiger partial charge < -0.3 is 15.7 Å². The molecule has 0 unspecified atom stereocenters. The topological polar surface area (TPSA) is 112 Å². The second-order valence-corrected chi connectivity index (χ2v) is 5.67. The second kappa shape index (κ2) is 6.48. The number of aromatic nitrogens is 4. The molecule has 2 heterocycles. The first-order chi connectivity index (χ1) is 10.7. The van der Waals surface area contributed by atoms with Gasteiger partial charge in [-0.05, 0) is 13.3 Å². The Morgan fingerprint density at radius 2 is 2.22 bits per heavy atom. The van der Waals surface area contributed by atoms with Gasteiger partial charge in [-0.2, -0.15) is 13.2 Å². The van der Waals surface area contributed by atoms with Gasteiger partial charge in [0.15, 0.2) is 5.82 Å². The van der Waals surface area contributed by atoms with E-state index in [4.69, 9.17) is 10.4 Å². The van der Waals surface area contributed by atoms with Crippen LogP contribution in [0.15, 0.2) is 15.7 Å². The van der Waals surface area contributed by atoms with Crippen LogP contribution in [-0.4, -0.2) is 31.2 Å². The normalized spacial score (nSPS) is 13.1. The molecule has 2 aromatic rings. The third-order valence-electron chi connectivity index (χ3n) is 2.71. The molecule has 8 nitrogen and oxygen atoms in total. The molecule has 0 saturated carbocycles. The summed E-state index contributed by atoms with van der Waals surface area (Å²) < 4.78 is 43.0. The zero-order valence-corrected chi connectivity index (χ0v) is 12.9. The van der Waals surface area contributed by atoms with Crippen LogP contribution < -0.4 is 11.2 Å². The number of nitrogens with one attached hydrogen (secondary N) is 1. The summed E-state index contributed by atoms with van der Waals surface area (Å²) in [7, 11) is 0. The van der Waals surface area contributed by atoms with E-state index in [0.717, 1.165) is 11.8 Å². The Bertz CT molecular complexity index is 698. The van der Waals surface area contributed by atoms with Crippen LogP contribution in [0.2, 0.25) is 0 Å². The molecule has 2 rings (SSSR count). The van der Waals surface area contributed by atoms with Crippen molar-refractivity contribution < 1.29 is 22.5 Å². The van der Waals surface area contributed by atoms with Crippen LogP contribution in [0.1, 0.15) is 24.9 Å². The molecule has 0 spiro atoms. The number of aryl methyl sites for hydroxylation is 1. The van der Waals surface area contributed by atoms with Crippen LogP contribution >= 0.6 is 11.8 Å². The Hall–Kier alpha value is -2.24. The summed E-state index contributed by atoms with van der Waals surface area (Å²) in [4.78, 5) is 12.1. The number of anilines is 1. The lowest BCUT2D eigenvalue weighted by Gasteiger charge is -2.13. The molecule has 0 radical (unpaired) electrons. The van der Waals surface area contributed by atoms with Crippen molar-refractivity contribution >= 4 is 23.5 Å². The molecule has 12 heteroatoms. The number of thioether (sulfide) groups is 1. The Morgan fingerprint density at radius 1 is 1.52 bits per heavy atom. The molecular weight excluding hydrogens is 337 g/mol. The number of nitrogens with two attached hydrogens (primary N) is 1. The first kappa shape index (κ1) is 17.1. The minimum absolute atomic E-state index is 0.212. The molecule has 0 aromatic carbocycles. The van der Waals surface area contributed by atoms with E-state index in [1.54, 1.807) is 13.8 Å². The van der Waals surface area contributed by atoms with Gasteiger partial charge in [0.1, 0.15) is 5.76 Å². The van der Waals surface area contributed by atoms with Gasteiger partial charge in [0.2, 0.25) is 11.1 Å². The van der Waals surface area contributed by atoms with Crippen molar-refractivity contribution in [2.45, 2.75) is 36.9 Å². The predicted octanol–water partition coefficient (Wildman–Crippen LogP) is 1.82. The van der Waals surface area contributed by atoms with Crippen LogP contribution in [0.25, 0.3) is 0 Å². The highest BCUT2D eigenvalue weighted by Gasteiger charge is 2.38. The number of rotatable bonds is 5. The van der Waals surface area contributed by atoms with Crippen LogP contribution in [0.3, 0.4) is 0 Å². The highest BCUT2D eigenvalue weighted by molar-refractivity contribution is 8.00. The number of hydrogen-bond acceptors (Lipinski definition) is 7. The Morgan fingerprint density at radius 3 is 2.70 bits per heavy atom. The fourth-order valence-corrected chi connectivity index (χ4v) is 2.51. The van der Waals surface area contributed by atoms with Crippen LogP contribution in [0, 0.1) is 6.92 Å². The summed E-state index contributed by atoms with van der Waals surface area (Å²) in [5, 5.41) is 11.6. The molecule has 0 aliphatic carbocycles. The summed E-state index contributed by atoms with van der Waals surface area (Å²) in [6.45, 7) is 3.36. The number of nitrogen functional groups attached to an aromatic ring is 1. The smallest absolute Gasteiger partial charge is 0.360 e. The molecule has 0 aliphatic heterocycles. The molecule has 3 N–H and O–H groups in total. The first-order valence-electron chi connectivity index (χ1n) is 6.41. The van der Waals surface area contributed by atoms with Crippen molar-refractivity contribution in [1.29, 1.82) is 0 Å². The standard InChI is InChI=1S/C11H13F3N6O2S/c1-3-6(8(21)16-7-4-5(2)22-19-7)23-10-18-17-9(20(10)15)11(12,13)14/h4,6H,3,15H2,1-2H3,(H,16,19,21)/t6-/m0/s1. The Balaban J connectivity index is 2.10. The SMILES string of the molecule is CC[C@H](Sc1nnc(C(F)(F)F)n1N)C(=O)Nc1cc(C)on1. The number of alkyl halides is 3. The number of halogens is 3. The minimum atomic E-state index is -4.72. The van der Waals surface area contributed by atoms with E-state index in [2.05, 4.69) is 20.7 Å². The second-order valence-electron chi connectivity index (χ2n) is 4.50. The van der Waals surface area contributed by atoms with Gasteiger partial charge in [-0.1, -0.05) is 23.8 Å². The number of carbonyl (C=O) groups is 1. The van der Waals surface area contributed by atoms with E-state index in [0.29, 0.717) is 16.9 Å². The molecular formula is C11H13F3N6O2S. The molecule has 0 bridgehead atoms. The largest absolute Gasteiger partial charge is 0.453 e. The van der Waals surface area contributed by atoms with Gasteiger partial charge in [-0.15, -0.1) is 10.2 Å². The van der Waals surface area contributed by atoms with E-state index < -0.39 is 23.2 Å². The molecule has 1 atom stereocenters. The zero-order chi connectivity index (χ0) is 17.2. The maximum atomic E-state index is 12.6. The average molecular weight is 350 g/mol. The summed E-state index contributed by atoms with van der Waals surface area (Å²) in [5.74, 6) is 4.28. The van der Waals surface area contributed by atoms with E-state index >= 15 is 0 Å². The highest BCUT2D eigenvalue weighted by atomic mass is 32.2. The van der Waals surface area contributed by atoms with Crippen molar-refractivity contribution in [3.8, 4) is 0 Å². The number of carbonyl (C=O) groups excluding carboxylic acids is 1. The average Bonchev–Trinajstić information content (AvgIpc) is 3.01. The van der Waals surface area contributed by atoms with Crippen LogP contribution in [0.4, 0.5) is 19.0 Å².